The van der Waals surface area contributed by atoms with Gasteiger partial charge in [0.25, 0.3) is 0 Å². The number of hydrogen-bond acceptors (Lipinski definition) is 5. The third kappa shape index (κ3) is 5.58. The predicted octanol–water partition coefficient (Wildman–Crippen LogP) is 1.72. The van der Waals surface area contributed by atoms with Gasteiger partial charge in [0.2, 0.25) is 10.0 Å². The number of sulfonamides is 1. The number of rotatable bonds is 9. The molecule has 7 heteroatoms. The molecular weight excluding hydrogens is 286 g/mol. The number of hydrogen-bond donors (Lipinski definition) is 2. The molecule has 0 aromatic carbocycles. The molecule has 110 valence electrons. The van der Waals surface area contributed by atoms with E-state index in [1.807, 2.05) is 13.8 Å². The van der Waals surface area contributed by atoms with E-state index in [0.717, 1.165) is 12.8 Å². The van der Waals surface area contributed by atoms with Crippen LogP contribution in [0.5, 0.6) is 0 Å². The third-order valence-corrected chi connectivity index (χ3v) is 5.03. The average Bonchev–Trinajstić information content (AvgIpc) is 2.82. The van der Waals surface area contributed by atoms with Gasteiger partial charge in [-0.3, -0.25) is 0 Å². The van der Waals surface area contributed by atoms with Crippen LogP contribution in [0.2, 0.25) is 0 Å². The first-order chi connectivity index (χ1) is 8.97. The Bertz CT molecular complexity index is 468. The van der Waals surface area contributed by atoms with Gasteiger partial charge in [0.1, 0.15) is 0 Å². The van der Waals surface area contributed by atoms with Crippen LogP contribution >= 0.6 is 11.3 Å². The van der Waals surface area contributed by atoms with Crippen LogP contribution in [0.1, 0.15) is 31.6 Å². The van der Waals surface area contributed by atoms with Gasteiger partial charge in [-0.2, -0.15) is 0 Å². The van der Waals surface area contributed by atoms with Crippen molar-refractivity contribution >= 4 is 21.4 Å². The minimum absolute atomic E-state index is 0.179. The topological polar surface area (TPSA) is 75.6 Å². The van der Waals surface area contributed by atoms with Gasteiger partial charge in [-0.05, 0) is 38.1 Å². The Morgan fingerprint density at radius 1 is 1.42 bits per heavy atom. The highest BCUT2D eigenvalue weighted by atomic mass is 32.2. The number of unbranched alkanes of at least 4 members (excludes halogenated alkanes) is 1. The van der Waals surface area contributed by atoms with Crippen LogP contribution in [0.3, 0.4) is 0 Å². The van der Waals surface area contributed by atoms with E-state index in [9.17, 15) is 8.42 Å². The number of thiophene rings is 1. The van der Waals surface area contributed by atoms with Gasteiger partial charge in [-0.15, -0.1) is 11.3 Å². The fourth-order valence-electron chi connectivity index (χ4n) is 1.51. The molecular formula is C12H21NO4S2. The molecule has 0 fully saturated rings. The Kier molecular flexibility index (Phi) is 6.95. The van der Waals surface area contributed by atoms with E-state index < -0.39 is 10.0 Å². The summed E-state index contributed by atoms with van der Waals surface area (Å²) in [7, 11) is -3.50. The largest absolute Gasteiger partial charge is 0.391 e. The molecule has 0 atom stereocenters. The number of ether oxygens (including phenoxy) is 1. The molecule has 0 aliphatic rings. The van der Waals surface area contributed by atoms with E-state index in [1.54, 1.807) is 5.38 Å². The molecule has 1 rings (SSSR count). The summed E-state index contributed by atoms with van der Waals surface area (Å²) in [6.45, 7) is 4.70. The van der Waals surface area contributed by atoms with Crippen molar-refractivity contribution in [2.75, 3.05) is 13.2 Å². The zero-order valence-electron chi connectivity index (χ0n) is 11.3. The normalized spacial score (nSPS) is 12.2. The SMILES string of the molecule is CC(C)OCCCCNS(=O)(=O)c1ccsc1CO. The second-order valence-electron chi connectivity index (χ2n) is 4.39. The van der Waals surface area contributed by atoms with E-state index in [-0.39, 0.29) is 17.6 Å². The first-order valence-electron chi connectivity index (χ1n) is 6.26. The average molecular weight is 307 g/mol. The summed E-state index contributed by atoms with van der Waals surface area (Å²) >= 11 is 1.24. The van der Waals surface area contributed by atoms with Gasteiger partial charge in [-0.1, -0.05) is 0 Å². The van der Waals surface area contributed by atoms with Gasteiger partial charge >= 0.3 is 0 Å². The van der Waals surface area contributed by atoms with Crippen molar-refractivity contribution in [3.05, 3.63) is 16.3 Å². The molecule has 1 heterocycles. The number of aliphatic hydroxyl groups is 1. The van der Waals surface area contributed by atoms with E-state index in [4.69, 9.17) is 9.84 Å². The molecule has 1 aromatic heterocycles. The highest BCUT2D eigenvalue weighted by molar-refractivity contribution is 7.89. The lowest BCUT2D eigenvalue weighted by Gasteiger charge is -2.08. The monoisotopic (exact) mass is 307 g/mol. The molecule has 19 heavy (non-hydrogen) atoms. The van der Waals surface area contributed by atoms with Crippen LogP contribution in [-0.4, -0.2) is 32.8 Å². The summed E-state index contributed by atoms with van der Waals surface area (Å²) in [6, 6.07) is 1.51. The Morgan fingerprint density at radius 2 is 2.16 bits per heavy atom. The van der Waals surface area contributed by atoms with Crippen molar-refractivity contribution in [1.29, 1.82) is 0 Å². The van der Waals surface area contributed by atoms with E-state index in [0.29, 0.717) is 18.0 Å². The lowest BCUT2D eigenvalue weighted by Crippen LogP contribution is -2.25. The van der Waals surface area contributed by atoms with Crippen molar-refractivity contribution in [2.24, 2.45) is 0 Å². The molecule has 0 saturated heterocycles. The summed E-state index contributed by atoms with van der Waals surface area (Å²) in [6.07, 6.45) is 1.75. The maximum atomic E-state index is 12.0. The second-order valence-corrected chi connectivity index (χ2v) is 7.13. The van der Waals surface area contributed by atoms with Crippen molar-refractivity contribution in [1.82, 2.24) is 4.72 Å². The summed E-state index contributed by atoms with van der Waals surface area (Å²) in [5.41, 5.74) is 0. The van der Waals surface area contributed by atoms with Gasteiger partial charge in [-0.25, -0.2) is 13.1 Å². The van der Waals surface area contributed by atoms with Crippen LogP contribution in [0.15, 0.2) is 16.3 Å². The lowest BCUT2D eigenvalue weighted by molar-refractivity contribution is 0.0762. The van der Waals surface area contributed by atoms with Gasteiger partial charge in [0.05, 0.1) is 17.6 Å². The highest BCUT2D eigenvalue weighted by Gasteiger charge is 2.18. The van der Waals surface area contributed by atoms with Crippen LogP contribution < -0.4 is 4.72 Å². The molecule has 0 saturated carbocycles. The minimum Gasteiger partial charge on any atom is -0.391 e. The van der Waals surface area contributed by atoms with Gasteiger partial charge in [0.15, 0.2) is 0 Å². The van der Waals surface area contributed by atoms with Gasteiger partial charge < -0.3 is 9.84 Å². The molecule has 0 unspecified atom stereocenters. The first kappa shape index (κ1) is 16.6. The molecule has 5 nitrogen and oxygen atoms in total. The Hall–Kier alpha value is -0.470. The smallest absolute Gasteiger partial charge is 0.241 e. The third-order valence-electron chi connectivity index (χ3n) is 2.45. The maximum Gasteiger partial charge on any atom is 0.241 e. The van der Waals surface area contributed by atoms with Crippen LogP contribution in [0, 0.1) is 0 Å². The fraction of sp³-hybridized carbons (Fsp3) is 0.667. The fourth-order valence-corrected chi connectivity index (χ4v) is 3.88. The van der Waals surface area contributed by atoms with Crippen molar-refractivity contribution in [3.63, 3.8) is 0 Å². The summed E-state index contributed by atoms with van der Waals surface area (Å²) < 4.78 is 31.8. The van der Waals surface area contributed by atoms with Crippen LogP contribution in [0.25, 0.3) is 0 Å². The minimum atomic E-state index is -3.50. The summed E-state index contributed by atoms with van der Waals surface area (Å²) in [5, 5.41) is 10.7. The first-order valence-corrected chi connectivity index (χ1v) is 8.62. The zero-order chi connectivity index (χ0) is 14.3. The molecule has 0 radical (unpaired) electrons. The van der Waals surface area contributed by atoms with E-state index >= 15 is 0 Å². The number of aliphatic hydroxyl groups excluding tert-OH is 1. The molecule has 0 bridgehead atoms. The molecule has 1 aromatic rings. The van der Waals surface area contributed by atoms with Crippen molar-refractivity contribution in [2.45, 2.75) is 44.3 Å². The van der Waals surface area contributed by atoms with Gasteiger partial charge in [0, 0.05) is 18.0 Å². The van der Waals surface area contributed by atoms with Crippen LogP contribution in [-0.2, 0) is 21.4 Å². The molecule has 0 aliphatic carbocycles. The Balaban J connectivity index is 2.36. The standard InChI is InChI=1S/C12H21NO4S2/c1-10(2)17-7-4-3-6-13-19(15,16)12-5-8-18-11(12)9-14/h5,8,10,13-14H,3-4,6-7,9H2,1-2H3. The molecule has 2 N–H and O–H groups in total. The maximum absolute atomic E-state index is 12.0. The second kappa shape index (κ2) is 7.96. The summed E-state index contributed by atoms with van der Waals surface area (Å²) in [4.78, 5) is 0.647. The molecule has 0 amide bonds. The van der Waals surface area contributed by atoms with E-state index in [2.05, 4.69) is 4.72 Å². The van der Waals surface area contributed by atoms with Crippen molar-refractivity contribution < 1.29 is 18.3 Å². The Labute approximate surface area is 118 Å². The Morgan fingerprint density at radius 3 is 2.79 bits per heavy atom. The predicted molar refractivity (Wildman–Crippen MR) is 75.8 cm³/mol. The quantitative estimate of drug-likeness (QED) is 0.681. The molecule has 0 aliphatic heterocycles. The number of nitrogens with one attached hydrogen (secondary N) is 1. The molecule has 0 spiro atoms. The zero-order valence-corrected chi connectivity index (χ0v) is 12.9. The van der Waals surface area contributed by atoms with E-state index in [1.165, 1.54) is 17.4 Å². The summed E-state index contributed by atoms with van der Waals surface area (Å²) in [5.74, 6) is 0. The van der Waals surface area contributed by atoms with Crippen LogP contribution in [0.4, 0.5) is 0 Å². The lowest BCUT2D eigenvalue weighted by atomic mass is 10.3. The highest BCUT2D eigenvalue weighted by Crippen LogP contribution is 2.21. The van der Waals surface area contributed by atoms with Crippen molar-refractivity contribution in [3.8, 4) is 0 Å².